The van der Waals surface area contributed by atoms with Crippen LogP contribution in [0.4, 0.5) is 11.4 Å². The van der Waals surface area contributed by atoms with Gasteiger partial charge in [-0.1, -0.05) is 35.9 Å². The van der Waals surface area contributed by atoms with E-state index < -0.39 is 35.7 Å². The fourth-order valence-electron chi connectivity index (χ4n) is 6.12. The van der Waals surface area contributed by atoms with Crippen molar-refractivity contribution in [3.05, 3.63) is 83.0 Å². The van der Waals surface area contributed by atoms with Gasteiger partial charge in [0.25, 0.3) is 0 Å². The molecule has 1 N–H and O–H groups in total. The Morgan fingerprint density at radius 3 is 2.64 bits per heavy atom. The van der Waals surface area contributed by atoms with E-state index in [4.69, 9.17) is 25.8 Å². The number of amides is 3. The molecule has 3 aromatic rings. The fraction of sp³-hybridized carbons (Fsp3) is 0.207. The summed E-state index contributed by atoms with van der Waals surface area (Å²) < 4.78 is 16.3. The van der Waals surface area contributed by atoms with Crippen LogP contribution in [0.15, 0.2) is 66.9 Å². The highest BCUT2D eigenvalue weighted by Crippen LogP contribution is 2.54. The summed E-state index contributed by atoms with van der Waals surface area (Å²) in [6.45, 7) is 0.0707. The van der Waals surface area contributed by atoms with Gasteiger partial charge in [-0.05, 0) is 47.5 Å². The summed E-state index contributed by atoms with van der Waals surface area (Å²) in [5.74, 6) is -1.51. The normalized spacial score (nSPS) is 23.9. The van der Waals surface area contributed by atoms with Crippen LogP contribution in [0, 0.1) is 11.8 Å². The zero-order chi connectivity index (χ0) is 26.8. The zero-order valence-electron chi connectivity index (χ0n) is 20.7. The van der Waals surface area contributed by atoms with Crippen molar-refractivity contribution in [3.63, 3.8) is 0 Å². The summed E-state index contributed by atoms with van der Waals surface area (Å²) in [7, 11) is 1.49. The number of carbonyl (C=O) groups excluding carboxylic acids is 3. The Morgan fingerprint density at radius 2 is 1.79 bits per heavy atom. The van der Waals surface area contributed by atoms with Crippen molar-refractivity contribution in [2.75, 3.05) is 24.1 Å². The minimum Gasteiger partial charge on any atom is -0.495 e. The fourth-order valence-corrected chi connectivity index (χ4v) is 6.29. The third-order valence-electron chi connectivity index (χ3n) is 7.76. The van der Waals surface area contributed by atoms with Gasteiger partial charge in [0.05, 0.1) is 36.4 Å². The topological polar surface area (TPSA) is 97.4 Å². The van der Waals surface area contributed by atoms with Crippen molar-refractivity contribution in [1.82, 2.24) is 4.90 Å². The van der Waals surface area contributed by atoms with E-state index in [1.165, 1.54) is 12.0 Å². The van der Waals surface area contributed by atoms with Gasteiger partial charge in [0.1, 0.15) is 11.8 Å². The molecule has 0 bridgehead atoms. The zero-order valence-corrected chi connectivity index (χ0v) is 21.4. The Kier molecular flexibility index (Phi) is 5.31. The Labute approximate surface area is 228 Å². The Balaban J connectivity index is 1.31. The highest BCUT2D eigenvalue weighted by atomic mass is 35.5. The molecule has 2 fully saturated rings. The molecule has 0 radical (unpaired) electrons. The summed E-state index contributed by atoms with van der Waals surface area (Å²) in [5.41, 5.74) is 2.59. The van der Waals surface area contributed by atoms with Crippen LogP contribution >= 0.6 is 11.6 Å². The van der Waals surface area contributed by atoms with Gasteiger partial charge in [-0.3, -0.25) is 14.4 Å². The Morgan fingerprint density at radius 1 is 1.00 bits per heavy atom. The van der Waals surface area contributed by atoms with Crippen molar-refractivity contribution in [2.45, 2.75) is 12.1 Å². The molecule has 0 aromatic heterocycles. The summed E-state index contributed by atoms with van der Waals surface area (Å²) >= 11 is 6.19. The van der Waals surface area contributed by atoms with E-state index in [-0.39, 0.29) is 12.7 Å². The molecule has 2 saturated heterocycles. The van der Waals surface area contributed by atoms with Gasteiger partial charge < -0.3 is 24.4 Å². The summed E-state index contributed by atoms with van der Waals surface area (Å²) in [4.78, 5) is 45.1. The molecule has 3 amide bonds. The summed E-state index contributed by atoms with van der Waals surface area (Å²) in [6.07, 6.45) is 3.70. The van der Waals surface area contributed by atoms with Gasteiger partial charge in [0, 0.05) is 17.3 Å². The lowest BCUT2D eigenvalue weighted by molar-refractivity contribution is -0.128. The first kappa shape index (κ1) is 23.6. The van der Waals surface area contributed by atoms with Crippen LogP contribution < -0.4 is 24.4 Å². The molecule has 4 aliphatic rings. The number of imide groups is 1. The van der Waals surface area contributed by atoms with Crippen molar-refractivity contribution in [1.29, 1.82) is 0 Å². The van der Waals surface area contributed by atoms with Crippen LogP contribution in [-0.2, 0) is 14.4 Å². The highest BCUT2D eigenvalue weighted by molar-refractivity contribution is 6.31. The Bertz CT molecular complexity index is 1590. The van der Waals surface area contributed by atoms with Gasteiger partial charge in [-0.25, -0.2) is 4.90 Å². The molecule has 0 saturated carbocycles. The van der Waals surface area contributed by atoms with E-state index in [0.29, 0.717) is 33.6 Å². The van der Waals surface area contributed by atoms with Crippen molar-refractivity contribution < 1.29 is 28.6 Å². The lowest BCUT2D eigenvalue weighted by Crippen LogP contribution is -2.46. The van der Waals surface area contributed by atoms with E-state index in [0.717, 1.165) is 11.1 Å². The second-order valence-corrected chi connectivity index (χ2v) is 10.2. The van der Waals surface area contributed by atoms with Crippen LogP contribution in [0.25, 0.3) is 6.08 Å². The molecular formula is C29H22ClN3O6. The predicted molar refractivity (Wildman–Crippen MR) is 143 cm³/mol. The van der Waals surface area contributed by atoms with E-state index >= 15 is 0 Å². The van der Waals surface area contributed by atoms with Crippen LogP contribution in [0.1, 0.15) is 17.2 Å². The number of fused-ring (bicyclic) bond motifs is 6. The number of rotatable bonds is 4. The van der Waals surface area contributed by atoms with Crippen LogP contribution in [0.5, 0.6) is 17.2 Å². The third kappa shape index (κ3) is 3.50. The minimum atomic E-state index is -0.955. The first-order chi connectivity index (χ1) is 19.0. The molecule has 7 rings (SSSR count). The molecule has 0 aliphatic carbocycles. The second-order valence-electron chi connectivity index (χ2n) is 9.72. The predicted octanol–water partition coefficient (Wildman–Crippen LogP) is 4.23. The first-order valence-corrected chi connectivity index (χ1v) is 12.8. The molecule has 196 valence electrons. The second kappa shape index (κ2) is 8.78. The Hall–Kier alpha value is -4.50. The lowest BCUT2D eigenvalue weighted by Gasteiger charge is -2.35. The third-order valence-corrected chi connectivity index (χ3v) is 8.00. The molecule has 10 heteroatoms. The quantitative estimate of drug-likeness (QED) is 0.492. The maximum atomic E-state index is 14.1. The number of carbonyl (C=O) groups is 3. The number of nitrogens with one attached hydrogen (secondary N) is 1. The molecule has 3 aromatic carbocycles. The van der Waals surface area contributed by atoms with Crippen molar-refractivity contribution in [3.8, 4) is 17.2 Å². The summed E-state index contributed by atoms with van der Waals surface area (Å²) in [6, 6.07) is 16.1. The molecule has 0 unspecified atom stereocenters. The average Bonchev–Trinajstić information content (AvgIpc) is 3.61. The van der Waals surface area contributed by atoms with Crippen molar-refractivity contribution >= 4 is 46.8 Å². The first-order valence-electron chi connectivity index (χ1n) is 12.4. The van der Waals surface area contributed by atoms with Crippen LogP contribution in [0.3, 0.4) is 0 Å². The number of hydrogen-bond acceptors (Lipinski definition) is 7. The van der Waals surface area contributed by atoms with Gasteiger partial charge >= 0.3 is 0 Å². The standard InChI is InChI=1S/C29H22ClN3O6/c1-37-20-8-6-16(30)12-19(20)31-27(34)26-24-23(25-18-5-3-2-4-15(18)10-11-32(25)26)28(35)33(29(24)36)17-7-9-21-22(13-17)39-14-38-21/h2-13,23-26H,14H2,1H3,(H,31,34)/t23-,24-,25+,26+/m1/s1. The van der Waals surface area contributed by atoms with E-state index in [1.807, 2.05) is 35.2 Å². The number of benzene rings is 3. The molecule has 4 aliphatic heterocycles. The number of nitrogens with zero attached hydrogens (tertiary/aromatic N) is 2. The van der Waals surface area contributed by atoms with E-state index in [1.54, 1.807) is 42.6 Å². The number of halogens is 1. The number of ether oxygens (including phenoxy) is 3. The van der Waals surface area contributed by atoms with Gasteiger partial charge in [0.15, 0.2) is 11.5 Å². The van der Waals surface area contributed by atoms with E-state index in [2.05, 4.69) is 5.32 Å². The van der Waals surface area contributed by atoms with E-state index in [9.17, 15) is 14.4 Å². The monoisotopic (exact) mass is 543 g/mol. The van der Waals surface area contributed by atoms with Gasteiger partial charge in [0.2, 0.25) is 24.5 Å². The van der Waals surface area contributed by atoms with Crippen molar-refractivity contribution in [2.24, 2.45) is 11.8 Å². The average molecular weight is 544 g/mol. The number of methoxy groups -OCH3 is 1. The molecule has 39 heavy (non-hydrogen) atoms. The maximum absolute atomic E-state index is 14.1. The molecule has 9 nitrogen and oxygen atoms in total. The largest absolute Gasteiger partial charge is 0.495 e. The SMILES string of the molecule is COc1ccc(Cl)cc1NC(=O)[C@@H]1[C@@H]2C(=O)N(c3ccc4c(c3)OCO4)C(=O)[C@H]2[C@@H]2c3ccccc3C=CN12. The summed E-state index contributed by atoms with van der Waals surface area (Å²) in [5, 5.41) is 3.31. The maximum Gasteiger partial charge on any atom is 0.248 e. The number of hydrogen-bond donors (Lipinski definition) is 1. The van der Waals surface area contributed by atoms with Crippen LogP contribution in [-0.4, -0.2) is 42.6 Å². The van der Waals surface area contributed by atoms with Gasteiger partial charge in [-0.15, -0.1) is 0 Å². The molecular weight excluding hydrogens is 522 g/mol. The molecule has 4 heterocycles. The smallest absolute Gasteiger partial charge is 0.248 e. The molecule has 4 atom stereocenters. The minimum absolute atomic E-state index is 0.0707. The van der Waals surface area contributed by atoms with Crippen LogP contribution in [0.2, 0.25) is 5.02 Å². The lowest BCUT2D eigenvalue weighted by atomic mass is 9.84. The number of anilines is 2. The molecule has 0 spiro atoms. The highest BCUT2D eigenvalue weighted by Gasteiger charge is 2.64. The van der Waals surface area contributed by atoms with Gasteiger partial charge in [-0.2, -0.15) is 0 Å².